The van der Waals surface area contributed by atoms with Crippen LogP contribution >= 0.6 is 0 Å². The third-order valence-electron chi connectivity index (χ3n) is 0. The van der Waals surface area contributed by atoms with E-state index in [2.05, 4.69) is 0 Å². The molecule has 15 heavy (non-hydrogen) atoms. The molecule has 12 heteroatoms. The summed E-state index contributed by atoms with van der Waals surface area (Å²) in [4.78, 5) is 25.0. The van der Waals surface area contributed by atoms with Gasteiger partial charge in [0, 0.05) is 0 Å². The zero-order valence-corrected chi connectivity index (χ0v) is 11.3. The minimum Gasteiger partial charge on any atom is -0.652 e. The number of carboxylic acid groups (broad SMARTS) is 6. The number of hydrogen-bond acceptors (Lipinski definition) is 9. The van der Waals surface area contributed by atoms with Gasteiger partial charge in [-0.25, -0.2) is 0 Å². The molecule has 0 atom stereocenters. The first-order valence-corrected chi connectivity index (χ1v) is 1.84. The largest absolute Gasteiger partial charge is 4.00 e. The first-order chi connectivity index (χ1) is 5.20. The molecule has 0 spiro atoms. The molecule has 0 aliphatic rings. The van der Waals surface area contributed by atoms with Crippen molar-refractivity contribution in [2.75, 3.05) is 0 Å². The average Bonchev–Trinajstić information content (AvgIpc) is 1.54. The molecule has 9 nitrogen and oxygen atoms in total. The molecule has 0 heterocycles. The zero-order valence-electron chi connectivity index (χ0n) is 7.67. The van der Waals surface area contributed by atoms with E-state index in [4.69, 9.17) is 45.0 Å². The average molecular weight is 372 g/mol. The minimum atomic E-state index is -2.33. The van der Waals surface area contributed by atoms with E-state index in [-0.39, 0.29) is 63.6 Å². The van der Waals surface area contributed by atoms with Crippen molar-refractivity contribution in [3.8, 4) is 0 Å². The van der Waals surface area contributed by atoms with Gasteiger partial charge in [-0.3, -0.25) is 0 Å². The van der Waals surface area contributed by atoms with Crippen molar-refractivity contribution in [1.82, 2.24) is 0 Å². The zero-order chi connectivity index (χ0) is 10.7. The van der Waals surface area contributed by atoms with Crippen LogP contribution in [0, 0.1) is 0 Å². The summed E-state index contributed by atoms with van der Waals surface area (Å²) < 4.78 is 0. The number of carbonyl (C=O) groups excluding carboxylic acids is 3. The smallest absolute Gasteiger partial charge is 0.652 e. The summed E-state index contributed by atoms with van der Waals surface area (Å²) in [6, 6.07) is 0. The van der Waals surface area contributed by atoms with E-state index >= 15 is 0 Å². The van der Waals surface area contributed by atoms with Gasteiger partial charge in [0.05, 0.1) is 0 Å². The maximum atomic E-state index is 8.33. The fourth-order valence-corrected chi connectivity index (χ4v) is 0. The molecule has 0 aliphatic carbocycles. The fourth-order valence-electron chi connectivity index (χ4n) is 0. The Bertz CT molecular complexity index is 121. The molecule has 0 aromatic heterocycles. The molecular formula is C3HfLi2O9. The third kappa shape index (κ3) is 125000. The first kappa shape index (κ1) is 36.4. The van der Waals surface area contributed by atoms with Gasteiger partial charge in [-0.15, -0.1) is 0 Å². The monoisotopic (exact) mass is 374 g/mol. The van der Waals surface area contributed by atoms with Gasteiger partial charge in [0.2, 0.25) is 0 Å². The van der Waals surface area contributed by atoms with Crippen molar-refractivity contribution in [1.29, 1.82) is 0 Å². The van der Waals surface area contributed by atoms with Crippen LogP contribution in [0.2, 0.25) is 0 Å². The predicted octanol–water partition coefficient (Wildman–Crippen LogP) is -13.3. The van der Waals surface area contributed by atoms with Crippen LogP contribution in [0.25, 0.3) is 0 Å². The van der Waals surface area contributed by atoms with Crippen LogP contribution in [-0.2, 0) is 25.8 Å². The molecule has 0 N–H and O–H groups in total. The standard InChI is InChI=1S/3CH2O3.Hf.2Li/c3*2-1(3)4;;;/h3*(H2,2,3,4);;;/q;;;+4;2*+1/p-6. The van der Waals surface area contributed by atoms with Crippen molar-refractivity contribution in [2.24, 2.45) is 0 Å². The van der Waals surface area contributed by atoms with Gasteiger partial charge in [0.25, 0.3) is 0 Å². The van der Waals surface area contributed by atoms with Crippen LogP contribution in [-0.4, -0.2) is 18.5 Å². The van der Waals surface area contributed by atoms with Gasteiger partial charge in [0.1, 0.15) is 0 Å². The topological polar surface area (TPSA) is 190 Å². The maximum Gasteiger partial charge on any atom is 4.00 e. The quantitative estimate of drug-likeness (QED) is 0.371. The van der Waals surface area contributed by atoms with Crippen molar-refractivity contribution >= 4 is 18.5 Å². The Morgan fingerprint density at radius 3 is 0.533 bits per heavy atom. The maximum absolute atomic E-state index is 8.33. The summed E-state index contributed by atoms with van der Waals surface area (Å²) in [5, 5.41) is 50.0. The SMILES string of the molecule is O=C([O-])[O-].O=C([O-])[O-].O=C([O-])[O-].[Hf+4].[Li+].[Li+]. The van der Waals surface area contributed by atoms with Crippen molar-refractivity contribution in [3.63, 3.8) is 0 Å². The first-order valence-electron chi connectivity index (χ1n) is 1.84. The van der Waals surface area contributed by atoms with Gasteiger partial charge in [-0.1, -0.05) is 0 Å². The van der Waals surface area contributed by atoms with Gasteiger partial charge in [0.15, 0.2) is 0 Å². The van der Waals surface area contributed by atoms with Gasteiger partial charge in [-0.2, -0.15) is 0 Å². The second kappa shape index (κ2) is 29.2. The molecule has 0 radical (unpaired) electrons. The summed E-state index contributed by atoms with van der Waals surface area (Å²) in [5.41, 5.74) is 0. The molecule has 0 amide bonds. The Morgan fingerprint density at radius 1 is 0.533 bits per heavy atom. The van der Waals surface area contributed by atoms with Gasteiger partial charge >= 0.3 is 63.6 Å². The Labute approximate surface area is 126 Å². The van der Waals surface area contributed by atoms with Crippen LogP contribution in [0.1, 0.15) is 0 Å². The van der Waals surface area contributed by atoms with Crippen molar-refractivity contribution < 1.29 is 109 Å². The molecule has 0 aliphatic heterocycles. The second-order valence-corrected chi connectivity index (χ2v) is 0.750. The molecular weight excluding hydrogens is 372 g/mol. The summed E-state index contributed by atoms with van der Waals surface area (Å²) >= 11 is 0. The molecule has 0 fully saturated rings. The minimum absolute atomic E-state index is 0. The predicted molar refractivity (Wildman–Crippen MR) is 16.2 cm³/mol. The van der Waals surface area contributed by atoms with E-state index < -0.39 is 18.5 Å². The van der Waals surface area contributed by atoms with E-state index in [1.54, 1.807) is 0 Å². The summed E-state index contributed by atoms with van der Waals surface area (Å²) in [5.74, 6) is 0. The molecule has 0 rings (SSSR count). The number of rotatable bonds is 0. The molecule has 72 valence electrons. The molecule has 0 aromatic rings. The molecule has 0 aromatic carbocycles. The van der Waals surface area contributed by atoms with Crippen LogP contribution in [0.4, 0.5) is 14.4 Å². The van der Waals surface area contributed by atoms with E-state index in [0.29, 0.717) is 0 Å². The van der Waals surface area contributed by atoms with Crippen LogP contribution in [0.5, 0.6) is 0 Å². The second-order valence-electron chi connectivity index (χ2n) is 0.750. The van der Waals surface area contributed by atoms with E-state index in [0.717, 1.165) is 0 Å². The van der Waals surface area contributed by atoms with Crippen LogP contribution in [0.3, 0.4) is 0 Å². The molecule has 0 unspecified atom stereocenters. The Hall–Kier alpha value is -0.125. The third-order valence-corrected chi connectivity index (χ3v) is 0. The fraction of sp³-hybridized carbons (Fsp3) is 0. The summed E-state index contributed by atoms with van der Waals surface area (Å²) in [7, 11) is 0. The van der Waals surface area contributed by atoms with E-state index in [1.807, 2.05) is 0 Å². The normalized spacial score (nSPS) is 4.80. The Morgan fingerprint density at radius 2 is 0.533 bits per heavy atom. The van der Waals surface area contributed by atoms with E-state index in [1.165, 1.54) is 0 Å². The van der Waals surface area contributed by atoms with Crippen LogP contribution < -0.4 is 68.4 Å². The number of hydrogen-bond donors (Lipinski definition) is 0. The summed E-state index contributed by atoms with van der Waals surface area (Å²) in [6.07, 6.45) is -7.00. The number of carbonyl (C=O) groups is 3. The Kier molecular flexibility index (Phi) is 70.8. The molecule has 0 bridgehead atoms. The Balaban J connectivity index is -0.0000000184. The van der Waals surface area contributed by atoms with Gasteiger partial charge in [-0.05, 0) is 18.5 Å². The van der Waals surface area contributed by atoms with Crippen molar-refractivity contribution in [2.45, 2.75) is 0 Å². The van der Waals surface area contributed by atoms with E-state index in [9.17, 15) is 0 Å². The molecule has 0 saturated heterocycles. The van der Waals surface area contributed by atoms with Crippen LogP contribution in [0.15, 0.2) is 0 Å². The summed E-state index contributed by atoms with van der Waals surface area (Å²) in [6.45, 7) is 0. The van der Waals surface area contributed by atoms with Gasteiger partial charge < -0.3 is 45.0 Å². The molecule has 0 saturated carbocycles. The van der Waals surface area contributed by atoms with Crippen molar-refractivity contribution in [3.05, 3.63) is 0 Å².